The van der Waals surface area contributed by atoms with E-state index in [2.05, 4.69) is 42.7 Å². The quantitative estimate of drug-likeness (QED) is 0.0136. The Balaban J connectivity index is 0.928. The Kier molecular flexibility index (Phi) is 14.9. The topological polar surface area (TPSA) is 163 Å². The highest BCUT2D eigenvalue weighted by molar-refractivity contribution is 7.18. The van der Waals surface area contributed by atoms with E-state index in [1.165, 1.54) is 35.8 Å². The molecular formula is C44H45FN8O6S2. The number of piperazine rings is 1. The van der Waals surface area contributed by atoms with Crippen molar-refractivity contribution in [3.05, 3.63) is 115 Å². The number of thiazole rings is 2. The summed E-state index contributed by atoms with van der Waals surface area (Å²) in [5, 5.41) is 4.90. The second-order valence-corrected chi connectivity index (χ2v) is 16.7. The first-order valence-electron chi connectivity index (χ1n) is 20.1. The first-order valence-corrected chi connectivity index (χ1v) is 21.7. The van der Waals surface area contributed by atoms with Crippen LogP contribution in [-0.2, 0) is 40.1 Å². The second kappa shape index (κ2) is 21.1. The summed E-state index contributed by atoms with van der Waals surface area (Å²) >= 11 is 2.93. The molecule has 1 amide bonds. The lowest BCUT2D eigenvalue weighted by molar-refractivity contribution is -0.132. The van der Waals surface area contributed by atoms with Crippen molar-refractivity contribution in [3.8, 4) is 17.6 Å². The number of ketones is 1. The molecule has 0 spiro atoms. The number of amides is 1. The number of benzene rings is 3. The molecule has 1 fully saturated rings. The number of methoxy groups -OCH3 is 1. The molecule has 2 aliphatic heterocycles. The van der Waals surface area contributed by atoms with Crippen molar-refractivity contribution in [1.29, 1.82) is 0 Å². The number of ether oxygens (including phenoxy) is 3. The van der Waals surface area contributed by atoms with Gasteiger partial charge in [-0.1, -0.05) is 47.3 Å². The van der Waals surface area contributed by atoms with Gasteiger partial charge in [-0.05, 0) is 72.7 Å². The summed E-state index contributed by atoms with van der Waals surface area (Å²) in [5.41, 5.74) is 12.7. The molecule has 61 heavy (non-hydrogen) atoms. The number of azide groups is 1. The van der Waals surface area contributed by atoms with Gasteiger partial charge < -0.3 is 24.0 Å². The van der Waals surface area contributed by atoms with E-state index in [4.69, 9.17) is 24.7 Å². The number of hydrogen-bond acceptors (Lipinski definition) is 13. The van der Waals surface area contributed by atoms with E-state index in [0.29, 0.717) is 106 Å². The average molecular weight is 865 g/mol. The maximum atomic E-state index is 15.1. The maximum absolute atomic E-state index is 15.1. The van der Waals surface area contributed by atoms with E-state index in [-0.39, 0.29) is 43.0 Å². The van der Waals surface area contributed by atoms with Gasteiger partial charge in [0.15, 0.2) is 35.0 Å². The summed E-state index contributed by atoms with van der Waals surface area (Å²) < 4.78 is 32.2. The van der Waals surface area contributed by atoms with Crippen LogP contribution in [0.25, 0.3) is 20.7 Å². The van der Waals surface area contributed by atoms with Gasteiger partial charge >= 0.3 is 5.97 Å². The summed E-state index contributed by atoms with van der Waals surface area (Å²) in [6.07, 6.45) is 2.75. The van der Waals surface area contributed by atoms with Gasteiger partial charge in [0.05, 0.1) is 29.8 Å². The zero-order valence-electron chi connectivity index (χ0n) is 33.8. The molecule has 1 saturated heterocycles. The molecule has 0 bridgehead atoms. The highest BCUT2D eigenvalue weighted by Gasteiger charge is 2.28. The fraction of sp³-hybridized carbons (Fsp3) is 0.386. The fourth-order valence-corrected chi connectivity index (χ4v) is 9.32. The van der Waals surface area contributed by atoms with Crippen LogP contribution in [0.2, 0.25) is 0 Å². The van der Waals surface area contributed by atoms with E-state index in [0.717, 1.165) is 26.4 Å². The molecule has 5 aromatic rings. The third-order valence-electron chi connectivity index (χ3n) is 10.4. The van der Waals surface area contributed by atoms with Crippen LogP contribution in [0, 0.1) is 17.7 Å². The zero-order chi connectivity index (χ0) is 42.6. The Morgan fingerprint density at radius 1 is 1.00 bits per heavy atom. The minimum absolute atomic E-state index is 0.00935. The molecule has 3 aromatic carbocycles. The third-order valence-corrected chi connectivity index (χ3v) is 12.6. The molecule has 14 nitrogen and oxygen atoms in total. The normalized spacial score (nSPS) is 13.9. The van der Waals surface area contributed by atoms with Crippen LogP contribution in [0.15, 0.2) is 65.8 Å². The van der Waals surface area contributed by atoms with E-state index in [9.17, 15) is 14.4 Å². The molecule has 0 radical (unpaired) electrons. The van der Waals surface area contributed by atoms with Gasteiger partial charge in [0, 0.05) is 80.3 Å². The molecule has 0 N–H and O–H groups in total. The van der Waals surface area contributed by atoms with E-state index in [1.807, 2.05) is 41.3 Å². The van der Waals surface area contributed by atoms with Gasteiger partial charge in [-0.3, -0.25) is 14.5 Å². The second-order valence-electron chi connectivity index (χ2n) is 14.5. The number of halogens is 1. The van der Waals surface area contributed by atoms with Crippen molar-refractivity contribution in [1.82, 2.24) is 19.8 Å². The molecule has 0 saturated carbocycles. The average Bonchev–Trinajstić information content (AvgIpc) is 3.90. The molecule has 2 aromatic heterocycles. The van der Waals surface area contributed by atoms with Gasteiger partial charge in [-0.15, -0.1) is 22.7 Å². The molecule has 2 aliphatic rings. The number of aromatic nitrogens is 2. The number of aryl methyl sites for hydroxylation is 1. The van der Waals surface area contributed by atoms with Crippen LogP contribution in [-0.4, -0.2) is 104 Å². The number of Topliss-reactive ketones (excluding diaryl/α,β-unsaturated/α-hetero) is 1. The molecular weight excluding hydrogens is 820 g/mol. The van der Waals surface area contributed by atoms with Gasteiger partial charge in [-0.25, -0.2) is 19.2 Å². The summed E-state index contributed by atoms with van der Waals surface area (Å²) in [4.78, 5) is 58.1. The predicted octanol–water partition coefficient (Wildman–Crippen LogP) is 7.24. The number of fused-ring (bicyclic) bond motifs is 2. The number of para-hydroxylation sites is 1. The van der Waals surface area contributed by atoms with Crippen LogP contribution in [0.3, 0.4) is 0 Å². The lowest BCUT2D eigenvalue weighted by Gasteiger charge is -2.33. The fourth-order valence-electron chi connectivity index (χ4n) is 7.24. The van der Waals surface area contributed by atoms with Crippen molar-refractivity contribution >= 4 is 55.7 Å². The van der Waals surface area contributed by atoms with Gasteiger partial charge in [0.1, 0.15) is 5.01 Å². The Morgan fingerprint density at radius 2 is 1.85 bits per heavy atom. The smallest absolute Gasteiger partial charge is 0.360 e. The van der Waals surface area contributed by atoms with Gasteiger partial charge in [0.25, 0.3) is 0 Å². The summed E-state index contributed by atoms with van der Waals surface area (Å²) in [5.74, 6) is 5.19. The standard InChI is InChI=1S/C44H45FN8O6S2/c1-57-29-59-43(56)42-39(13-7-25-58-37-16-15-30(26-34(37)45)8-6-19-51-21-23-52(24-22-51)41(55)14-5-18-47-50-46)61-44(49-42)53-20-17-31-9-4-10-32(33(31)28-53)36(54)27-40-48-35-11-2-3-12-38(35)60-40/h2-4,9-12,15-16,26H,5,7,13-14,17-25,27-29H2,1H3. The highest BCUT2D eigenvalue weighted by atomic mass is 32.1. The molecule has 0 unspecified atom stereocenters. The molecule has 0 aliphatic carbocycles. The van der Waals surface area contributed by atoms with Crippen LogP contribution >= 0.6 is 22.7 Å². The molecule has 7 rings (SSSR count). The maximum Gasteiger partial charge on any atom is 0.360 e. The number of carbonyl (C=O) groups excluding carboxylic acids is 3. The summed E-state index contributed by atoms with van der Waals surface area (Å²) in [6.45, 7) is 4.52. The van der Waals surface area contributed by atoms with Crippen molar-refractivity contribution in [2.45, 2.75) is 45.1 Å². The number of esters is 1. The number of nitrogens with zero attached hydrogens (tertiary/aromatic N) is 8. The lowest BCUT2D eigenvalue weighted by atomic mass is 9.92. The molecule has 4 heterocycles. The van der Waals surface area contributed by atoms with Gasteiger partial charge in [-0.2, -0.15) is 0 Å². The Morgan fingerprint density at radius 3 is 2.66 bits per heavy atom. The predicted molar refractivity (Wildman–Crippen MR) is 232 cm³/mol. The van der Waals surface area contributed by atoms with Crippen molar-refractivity contribution in [3.63, 3.8) is 0 Å². The highest BCUT2D eigenvalue weighted by Crippen LogP contribution is 2.34. The van der Waals surface area contributed by atoms with Gasteiger partial charge in [0.2, 0.25) is 5.91 Å². The first kappa shape index (κ1) is 43.2. The van der Waals surface area contributed by atoms with Crippen LogP contribution < -0.4 is 9.64 Å². The largest absolute Gasteiger partial charge is 0.491 e. The van der Waals surface area contributed by atoms with Crippen LogP contribution in [0.5, 0.6) is 5.75 Å². The minimum Gasteiger partial charge on any atom is -0.491 e. The monoisotopic (exact) mass is 864 g/mol. The van der Waals surface area contributed by atoms with E-state index < -0.39 is 11.8 Å². The molecule has 316 valence electrons. The number of anilines is 1. The third kappa shape index (κ3) is 11.3. The Hall–Kier alpha value is -5.89. The Bertz CT molecular complexity index is 2450. The Labute approximate surface area is 360 Å². The lowest BCUT2D eigenvalue weighted by Crippen LogP contribution is -2.48. The number of carbonyl (C=O) groups is 3. The molecule has 0 atom stereocenters. The van der Waals surface area contributed by atoms with Crippen LogP contribution in [0.1, 0.15) is 66.7 Å². The number of hydrogen-bond donors (Lipinski definition) is 0. The van der Waals surface area contributed by atoms with E-state index in [1.54, 1.807) is 12.1 Å². The summed E-state index contributed by atoms with van der Waals surface area (Å²) in [7, 11) is 1.44. The van der Waals surface area contributed by atoms with Crippen LogP contribution in [0.4, 0.5) is 9.52 Å². The zero-order valence-corrected chi connectivity index (χ0v) is 35.4. The van der Waals surface area contributed by atoms with Crippen molar-refractivity contribution < 1.29 is 33.0 Å². The molecule has 17 heteroatoms. The summed E-state index contributed by atoms with van der Waals surface area (Å²) in [6, 6.07) is 18.4. The van der Waals surface area contributed by atoms with Crippen molar-refractivity contribution in [2.75, 3.05) is 71.2 Å². The van der Waals surface area contributed by atoms with E-state index >= 15 is 4.39 Å². The van der Waals surface area contributed by atoms with Crippen molar-refractivity contribution in [2.24, 2.45) is 5.11 Å². The SMILES string of the molecule is COCOC(=O)c1nc(N2CCc3cccc(C(=O)Cc4nc5ccccc5s4)c3C2)sc1CCCOc1ccc(C#CCN2CCN(C(=O)CCCN=[N+]=[N-])CC2)cc1F. The number of rotatable bonds is 17. The minimum atomic E-state index is -0.597. The first-order chi connectivity index (χ1) is 29.8.